The SMILES string of the molecule is CNS(=O)(=O)c1ccc(OC)c(F)c1. The largest absolute Gasteiger partial charge is 0.494 e. The molecule has 0 saturated heterocycles. The molecular weight excluding hydrogens is 209 g/mol. The van der Waals surface area contributed by atoms with Crippen LogP contribution in [0.2, 0.25) is 0 Å². The van der Waals surface area contributed by atoms with Crippen LogP contribution < -0.4 is 9.46 Å². The first kappa shape index (κ1) is 10.9. The standard InChI is InChI=1S/C8H10FNO3S/c1-10-14(11,12)6-3-4-8(13-2)7(9)5-6/h3-5,10H,1-2H3. The highest BCUT2D eigenvalue weighted by atomic mass is 32.2. The minimum atomic E-state index is -3.59. The third-order valence-electron chi connectivity index (χ3n) is 1.70. The van der Waals surface area contributed by atoms with E-state index in [1.54, 1.807) is 0 Å². The summed E-state index contributed by atoms with van der Waals surface area (Å²) < 4.78 is 42.3. The second-order valence-electron chi connectivity index (χ2n) is 2.50. The highest BCUT2D eigenvalue weighted by Gasteiger charge is 2.13. The number of hydrogen-bond donors (Lipinski definition) is 1. The Kier molecular flexibility index (Phi) is 3.07. The Morgan fingerprint density at radius 1 is 1.43 bits per heavy atom. The third kappa shape index (κ3) is 2.02. The van der Waals surface area contributed by atoms with Crippen molar-refractivity contribution in [3.8, 4) is 5.75 Å². The number of rotatable bonds is 3. The lowest BCUT2D eigenvalue weighted by molar-refractivity contribution is 0.385. The smallest absolute Gasteiger partial charge is 0.240 e. The Morgan fingerprint density at radius 2 is 2.07 bits per heavy atom. The number of halogens is 1. The van der Waals surface area contributed by atoms with Crippen molar-refractivity contribution in [3.63, 3.8) is 0 Å². The molecule has 1 rings (SSSR count). The summed E-state index contributed by atoms with van der Waals surface area (Å²) in [5.74, 6) is -0.691. The molecular formula is C8H10FNO3S. The van der Waals surface area contributed by atoms with Gasteiger partial charge in [-0.3, -0.25) is 0 Å². The first-order valence-corrected chi connectivity index (χ1v) is 5.26. The van der Waals surface area contributed by atoms with E-state index >= 15 is 0 Å². The van der Waals surface area contributed by atoms with Crippen molar-refractivity contribution in [1.82, 2.24) is 4.72 Å². The summed E-state index contributed by atoms with van der Waals surface area (Å²) >= 11 is 0. The van der Waals surface area contributed by atoms with Crippen LogP contribution in [0.3, 0.4) is 0 Å². The number of sulfonamides is 1. The second kappa shape index (κ2) is 3.93. The molecule has 14 heavy (non-hydrogen) atoms. The first-order valence-electron chi connectivity index (χ1n) is 3.78. The van der Waals surface area contributed by atoms with Crippen LogP contribution in [0.15, 0.2) is 23.1 Å². The van der Waals surface area contributed by atoms with Gasteiger partial charge >= 0.3 is 0 Å². The summed E-state index contributed by atoms with van der Waals surface area (Å²) in [7, 11) is -1.02. The summed E-state index contributed by atoms with van der Waals surface area (Å²) in [5.41, 5.74) is 0. The van der Waals surface area contributed by atoms with E-state index in [1.807, 2.05) is 0 Å². The highest BCUT2D eigenvalue weighted by molar-refractivity contribution is 7.89. The third-order valence-corrected chi connectivity index (χ3v) is 3.11. The maximum absolute atomic E-state index is 13.1. The van der Waals surface area contributed by atoms with Crippen LogP contribution in [0.5, 0.6) is 5.75 Å². The predicted octanol–water partition coefficient (Wildman–Crippen LogP) is 0.742. The molecule has 0 spiro atoms. The van der Waals surface area contributed by atoms with Crippen LogP contribution in [0.25, 0.3) is 0 Å². The van der Waals surface area contributed by atoms with E-state index in [2.05, 4.69) is 9.46 Å². The summed E-state index contributed by atoms with van der Waals surface area (Å²) in [6.45, 7) is 0. The molecule has 0 atom stereocenters. The van der Waals surface area contributed by atoms with E-state index in [0.717, 1.165) is 6.07 Å². The molecule has 0 amide bonds. The van der Waals surface area contributed by atoms with Gasteiger partial charge in [-0.2, -0.15) is 0 Å². The van der Waals surface area contributed by atoms with Crippen molar-refractivity contribution in [2.45, 2.75) is 4.90 Å². The molecule has 6 heteroatoms. The van der Waals surface area contributed by atoms with Gasteiger partial charge in [0.15, 0.2) is 11.6 Å². The summed E-state index contributed by atoms with van der Waals surface area (Å²) in [6.07, 6.45) is 0. The lowest BCUT2D eigenvalue weighted by Crippen LogP contribution is -2.18. The first-order chi connectivity index (χ1) is 6.51. The van der Waals surface area contributed by atoms with Crippen LogP contribution in [-0.4, -0.2) is 22.6 Å². The summed E-state index contributed by atoms with van der Waals surface area (Å²) in [6, 6.07) is 3.44. The van der Waals surface area contributed by atoms with Gasteiger partial charge in [-0.05, 0) is 25.2 Å². The molecule has 0 radical (unpaired) electrons. The van der Waals surface area contributed by atoms with Gasteiger partial charge in [-0.15, -0.1) is 0 Å². The zero-order valence-corrected chi connectivity index (χ0v) is 8.56. The van der Waals surface area contributed by atoms with Crippen LogP contribution in [0, 0.1) is 5.82 Å². The zero-order chi connectivity index (χ0) is 10.8. The van der Waals surface area contributed by atoms with E-state index in [9.17, 15) is 12.8 Å². The van der Waals surface area contributed by atoms with Gasteiger partial charge in [0.05, 0.1) is 12.0 Å². The van der Waals surface area contributed by atoms with E-state index in [0.29, 0.717) is 0 Å². The van der Waals surface area contributed by atoms with E-state index in [1.165, 1.54) is 26.3 Å². The minimum Gasteiger partial charge on any atom is -0.494 e. The van der Waals surface area contributed by atoms with Gasteiger partial charge < -0.3 is 4.74 Å². The van der Waals surface area contributed by atoms with Crippen molar-refractivity contribution < 1.29 is 17.5 Å². The van der Waals surface area contributed by atoms with E-state index < -0.39 is 15.8 Å². The van der Waals surface area contributed by atoms with Crippen molar-refractivity contribution in [2.24, 2.45) is 0 Å². The molecule has 4 nitrogen and oxygen atoms in total. The van der Waals surface area contributed by atoms with Gasteiger partial charge in [0, 0.05) is 0 Å². The molecule has 0 bridgehead atoms. The maximum atomic E-state index is 13.1. The second-order valence-corrected chi connectivity index (χ2v) is 4.39. The Balaban J connectivity index is 3.22. The Hall–Kier alpha value is -1.14. The van der Waals surface area contributed by atoms with Crippen molar-refractivity contribution in [1.29, 1.82) is 0 Å². The quantitative estimate of drug-likeness (QED) is 0.815. The van der Waals surface area contributed by atoms with Crippen LogP contribution in [-0.2, 0) is 10.0 Å². The topological polar surface area (TPSA) is 55.4 Å². The maximum Gasteiger partial charge on any atom is 0.240 e. The number of ether oxygens (including phenoxy) is 1. The molecule has 0 fully saturated rings. The van der Waals surface area contributed by atoms with Crippen molar-refractivity contribution in [2.75, 3.05) is 14.2 Å². The average Bonchev–Trinajstić information content (AvgIpc) is 2.17. The molecule has 1 aromatic rings. The average molecular weight is 219 g/mol. The monoisotopic (exact) mass is 219 g/mol. The van der Waals surface area contributed by atoms with Crippen LogP contribution in [0.1, 0.15) is 0 Å². The van der Waals surface area contributed by atoms with E-state index in [4.69, 9.17) is 0 Å². The molecule has 1 N–H and O–H groups in total. The Bertz CT molecular complexity index is 430. The number of nitrogens with one attached hydrogen (secondary N) is 1. The van der Waals surface area contributed by atoms with E-state index in [-0.39, 0.29) is 10.6 Å². The number of hydrogen-bond acceptors (Lipinski definition) is 3. The molecule has 78 valence electrons. The van der Waals surface area contributed by atoms with Crippen LogP contribution >= 0.6 is 0 Å². The molecule has 0 heterocycles. The van der Waals surface area contributed by atoms with Gasteiger partial charge in [0.25, 0.3) is 0 Å². The lowest BCUT2D eigenvalue weighted by Gasteiger charge is -2.05. The fraction of sp³-hybridized carbons (Fsp3) is 0.250. The highest BCUT2D eigenvalue weighted by Crippen LogP contribution is 2.20. The van der Waals surface area contributed by atoms with Gasteiger partial charge in [0.2, 0.25) is 10.0 Å². The van der Waals surface area contributed by atoms with Crippen molar-refractivity contribution >= 4 is 10.0 Å². The molecule has 0 aromatic heterocycles. The van der Waals surface area contributed by atoms with Gasteiger partial charge in [-0.1, -0.05) is 0 Å². The van der Waals surface area contributed by atoms with Crippen molar-refractivity contribution in [3.05, 3.63) is 24.0 Å². The Labute approximate surface area is 81.8 Å². The summed E-state index contributed by atoms with van der Waals surface area (Å²) in [4.78, 5) is -0.127. The van der Waals surface area contributed by atoms with Gasteiger partial charge in [-0.25, -0.2) is 17.5 Å². The van der Waals surface area contributed by atoms with Crippen LogP contribution in [0.4, 0.5) is 4.39 Å². The number of methoxy groups -OCH3 is 1. The fourth-order valence-electron chi connectivity index (χ4n) is 0.932. The number of benzene rings is 1. The normalized spacial score (nSPS) is 11.4. The molecule has 0 saturated carbocycles. The van der Waals surface area contributed by atoms with Gasteiger partial charge in [0.1, 0.15) is 0 Å². The zero-order valence-electron chi connectivity index (χ0n) is 7.74. The summed E-state index contributed by atoms with van der Waals surface area (Å²) in [5, 5.41) is 0. The minimum absolute atomic E-state index is 0.0139. The Morgan fingerprint density at radius 3 is 2.50 bits per heavy atom. The molecule has 0 aliphatic rings. The molecule has 0 aliphatic carbocycles. The predicted molar refractivity (Wildman–Crippen MR) is 49.2 cm³/mol. The molecule has 1 aromatic carbocycles. The molecule has 0 unspecified atom stereocenters. The fourth-order valence-corrected chi connectivity index (χ4v) is 1.67. The molecule has 0 aliphatic heterocycles. The lowest BCUT2D eigenvalue weighted by atomic mass is 10.3.